The van der Waals surface area contributed by atoms with Crippen LogP contribution in [0.5, 0.6) is 5.75 Å². The highest BCUT2D eigenvalue weighted by molar-refractivity contribution is 7.80. The molecular weight excluding hydrogens is 280 g/mol. The number of thiocarbonyl (C=S) groups is 1. The highest BCUT2D eigenvalue weighted by atomic mass is 32.1. The van der Waals surface area contributed by atoms with Crippen molar-refractivity contribution in [3.8, 4) is 5.75 Å². The van der Waals surface area contributed by atoms with Gasteiger partial charge in [-0.05, 0) is 55.4 Å². The molecule has 0 amide bonds. The van der Waals surface area contributed by atoms with Crippen LogP contribution in [0.2, 0.25) is 0 Å². The molecule has 0 aliphatic heterocycles. The summed E-state index contributed by atoms with van der Waals surface area (Å²) in [5.74, 6) is 2.71. The predicted octanol–water partition coefficient (Wildman–Crippen LogP) is 3.06. The summed E-state index contributed by atoms with van der Waals surface area (Å²) < 4.78 is 5.72. The summed E-state index contributed by atoms with van der Waals surface area (Å²) >= 11 is 5.52. The topological polar surface area (TPSA) is 24.5 Å². The van der Waals surface area contributed by atoms with E-state index < -0.39 is 0 Å². The Balaban J connectivity index is 1.38. The lowest BCUT2D eigenvalue weighted by atomic mass is 9.95. The number of rotatable bonds is 5. The van der Waals surface area contributed by atoms with Crippen LogP contribution < -0.4 is 10.1 Å². The Labute approximate surface area is 132 Å². The number of ether oxygens (including phenoxy) is 1. The van der Waals surface area contributed by atoms with Gasteiger partial charge in [0.15, 0.2) is 5.11 Å². The number of fused-ring (bicyclic) bond motifs is 2. The fourth-order valence-electron chi connectivity index (χ4n) is 3.61. The third kappa shape index (κ3) is 3.67. The maximum atomic E-state index is 5.72. The van der Waals surface area contributed by atoms with E-state index in [1.54, 1.807) is 0 Å². The highest BCUT2D eigenvalue weighted by Crippen LogP contribution is 2.44. The Bertz CT molecular complexity index is 479. The van der Waals surface area contributed by atoms with E-state index >= 15 is 0 Å². The van der Waals surface area contributed by atoms with Gasteiger partial charge < -0.3 is 15.0 Å². The summed E-state index contributed by atoms with van der Waals surface area (Å²) in [6.45, 7) is 1.46. The summed E-state index contributed by atoms with van der Waals surface area (Å²) in [7, 11) is 2.04. The van der Waals surface area contributed by atoms with Gasteiger partial charge in [0.1, 0.15) is 12.4 Å². The van der Waals surface area contributed by atoms with Gasteiger partial charge in [0, 0.05) is 13.1 Å². The number of benzene rings is 1. The second-order valence-electron chi connectivity index (χ2n) is 6.31. The average molecular weight is 304 g/mol. The molecule has 2 aliphatic rings. The van der Waals surface area contributed by atoms with Gasteiger partial charge in [0.25, 0.3) is 0 Å². The van der Waals surface area contributed by atoms with Gasteiger partial charge in [-0.3, -0.25) is 0 Å². The molecule has 2 aliphatic carbocycles. The summed E-state index contributed by atoms with van der Waals surface area (Å²) in [5.41, 5.74) is 0. The van der Waals surface area contributed by atoms with Gasteiger partial charge in [-0.1, -0.05) is 24.6 Å². The van der Waals surface area contributed by atoms with E-state index in [0.29, 0.717) is 12.6 Å². The minimum absolute atomic E-state index is 0.605. The third-order valence-corrected chi connectivity index (χ3v) is 5.26. The molecule has 2 fully saturated rings. The standard InChI is InChI=1S/C17H24N2OS/c1-19(9-10-20-15-5-3-2-4-6-15)17(21)18-16-12-13-7-8-14(16)11-13/h2-6,13-14,16H,7-12H2,1H3,(H,18,21). The van der Waals surface area contributed by atoms with Crippen molar-refractivity contribution < 1.29 is 4.74 Å². The predicted molar refractivity (Wildman–Crippen MR) is 89.5 cm³/mol. The maximum Gasteiger partial charge on any atom is 0.169 e. The maximum absolute atomic E-state index is 5.72. The molecule has 21 heavy (non-hydrogen) atoms. The van der Waals surface area contributed by atoms with Crippen molar-refractivity contribution in [2.45, 2.75) is 31.7 Å². The van der Waals surface area contributed by atoms with Gasteiger partial charge in [0.05, 0.1) is 6.54 Å². The van der Waals surface area contributed by atoms with Crippen molar-refractivity contribution in [3.63, 3.8) is 0 Å². The first-order valence-corrected chi connectivity index (χ1v) is 8.32. The zero-order valence-electron chi connectivity index (χ0n) is 12.6. The quantitative estimate of drug-likeness (QED) is 0.845. The van der Waals surface area contributed by atoms with Gasteiger partial charge in [-0.2, -0.15) is 0 Å². The lowest BCUT2D eigenvalue weighted by Gasteiger charge is -2.28. The lowest BCUT2D eigenvalue weighted by molar-refractivity contribution is 0.280. The van der Waals surface area contributed by atoms with Crippen LogP contribution in [0.4, 0.5) is 0 Å². The summed E-state index contributed by atoms with van der Waals surface area (Å²) in [4.78, 5) is 2.09. The fourth-order valence-corrected chi connectivity index (χ4v) is 3.85. The smallest absolute Gasteiger partial charge is 0.169 e. The fraction of sp³-hybridized carbons (Fsp3) is 0.588. The molecular formula is C17H24N2OS. The molecule has 0 spiro atoms. The largest absolute Gasteiger partial charge is 0.492 e. The molecule has 3 rings (SSSR count). The molecule has 1 aromatic rings. The molecule has 1 aromatic carbocycles. The van der Waals surface area contributed by atoms with Crippen molar-refractivity contribution in [3.05, 3.63) is 30.3 Å². The number of nitrogens with one attached hydrogen (secondary N) is 1. The van der Waals surface area contributed by atoms with Crippen LogP contribution in [-0.2, 0) is 0 Å². The molecule has 3 unspecified atom stereocenters. The summed E-state index contributed by atoms with van der Waals surface area (Å²) in [5, 5.41) is 4.43. The lowest BCUT2D eigenvalue weighted by Crippen LogP contribution is -2.46. The molecule has 2 saturated carbocycles. The second-order valence-corrected chi connectivity index (χ2v) is 6.70. The van der Waals surface area contributed by atoms with Gasteiger partial charge in [0.2, 0.25) is 0 Å². The number of para-hydroxylation sites is 1. The van der Waals surface area contributed by atoms with Crippen LogP contribution >= 0.6 is 12.2 Å². The van der Waals surface area contributed by atoms with Gasteiger partial charge in [-0.15, -0.1) is 0 Å². The average Bonchev–Trinajstić information content (AvgIpc) is 3.11. The van der Waals surface area contributed by atoms with Gasteiger partial charge >= 0.3 is 0 Å². The van der Waals surface area contributed by atoms with Gasteiger partial charge in [-0.25, -0.2) is 0 Å². The van der Waals surface area contributed by atoms with E-state index in [2.05, 4.69) is 10.2 Å². The van der Waals surface area contributed by atoms with Crippen LogP contribution in [-0.4, -0.2) is 36.3 Å². The van der Waals surface area contributed by atoms with Crippen LogP contribution in [0.3, 0.4) is 0 Å². The molecule has 0 saturated heterocycles. The minimum Gasteiger partial charge on any atom is -0.492 e. The van der Waals surface area contributed by atoms with Crippen molar-refractivity contribution in [1.29, 1.82) is 0 Å². The first-order valence-electron chi connectivity index (χ1n) is 7.92. The number of likely N-dealkylation sites (N-methyl/N-ethyl adjacent to an activating group) is 1. The molecule has 4 heteroatoms. The summed E-state index contributed by atoms with van der Waals surface area (Å²) in [6, 6.07) is 10.5. The van der Waals surface area contributed by atoms with Crippen LogP contribution in [0, 0.1) is 11.8 Å². The van der Waals surface area contributed by atoms with Crippen LogP contribution in [0.1, 0.15) is 25.7 Å². The van der Waals surface area contributed by atoms with E-state index in [0.717, 1.165) is 29.2 Å². The highest BCUT2D eigenvalue weighted by Gasteiger charge is 2.39. The van der Waals surface area contributed by atoms with E-state index in [4.69, 9.17) is 17.0 Å². The zero-order valence-corrected chi connectivity index (χ0v) is 13.4. The Hall–Kier alpha value is -1.29. The van der Waals surface area contributed by atoms with E-state index in [1.165, 1.54) is 25.7 Å². The molecule has 0 heterocycles. The molecule has 3 atom stereocenters. The number of hydrogen-bond acceptors (Lipinski definition) is 2. The molecule has 0 radical (unpaired) electrons. The number of hydrogen-bond donors (Lipinski definition) is 1. The van der Waals surface area contributed by atoms with Crippen LogP contribution in [0.25, 0.3) is 0 Å². The SMILES string of the molecule is CN(CCOc1ccccc1)C(=S)NC1CC2CCC1C2. The Morgan fingerprint density at radius 3 is 2.76 bits per heavy atom. The van der Waals surface area contributed by atoms with Crippen molar-refractivity contribution in [1.82, 2.24) is 10.2 Å². The first kappa shape index (κ1) is 14.6. The Kier molecular flexibility index (Phi) is 4.63. The second kappa shape index (κ2) is 6.65. The number of nitrogens with zero attached hydrogens (tertiary/aromatic N) is 1. The van der Waals surface area contributed by atoms with Crippen LogP contribution in [0.15, 0.2) is 30.3 Å². The Morgan fingerprint density at radius 1 is 1.29 bits per heavy atom. The zero-order chi connectivity index (χ0) is 14.7. The first-order chi connectivity index (χ1) is 10.2. The molecule has 0 aromatic heterocycles. The van der Waals surface area contributed by atoms with Crippen molar-refractivity contribution in [2.75, 3.05) is 20.2 Å². The normalized spacial score (nSPS) is 26.6. The third-order valence-electron chi connectivity index (χ3n) is 4.83. The van der Waals surface area contributed by atoms with Crippen molar-refractivity contribution >= 4 is 17.3 Å². The molecule has 114 valence electrons. The molecule has 2 bridgehead atoms. The molecule has 3 nitrogen and oxygen atoms in total. The molecule has 1 N–H and O–H groups in total. The monoisotopic (exact) mass is 304 g/mol. The van der Waals surface area contributed by atoms with E-state index in [9.17, 15) is 0 Å². The minimum atomic E-state index is 0.605. The van der Waals surface area contributed by atoms with E-state index in [-0.39, 0.29) is 0 Å². The van der Waals surface area contributed by atoms with E-state index in [1.807, 2.05) is 37.4 Å². The van der Waals surface area contributed by atoms with Crippen molar-refractivity contribution in [2.24, 2.45) is 11.8 Å². The summed E-state index contributed by atoms with van der Waals surface area (Å²) in [6.07, 6.45) is 5.52. The Morgan fingerprint density at radius 2 is 2.10 bits per heavy atom.